The molecule has 1 aliphatic heterocycles. The van der Waals surface area contributed by atoms with Crippen LogP contribution in [0.4, 0.5) is 0 Å². The van der Waals surface area contributed by atoms with Crippen LogP contribution in [0, 0.1) is 5.92 Å². The highest BCUT2D eigenvalue weighted by Gasteiger charge is 2.42. The summed E-state index contributed by atoms with van der Waals surface area (Å²) in [5.41, 5.74) is 1.51. The topological polar surface area (TPSA) is 144 Å². The van der Waals surface area contributed by atoms with Crippen LogP contribution in [0.1, 0.15) is 51.0 Å². The third-order valence-corrected chi connectivity index (χ3v) is 6.18. The van der Waals surface area contributed by atoms with Gasteiger partial charge < -0.3 is 19.7 Å². The average Bonchev–Trinajstić information content (AvgIpc) is 2.88. The molecule has 0 spiro atoms. The fourth-order valence-electron chi connectivity index (χ4n) is 4.22. The summed E-state index contributed by atoms with van der Waals surface area (Å²) in [7, 11) is -1.26. The van der Waals surface area contributed by atoms with Crippen LogP contribution in [-0.2, 0) is 23.7 Å². The molecular formula is C27H34BN3O7. The molecule has 4 atom stereocenters. The van der Waals surface area contributed by atoms with E-state index in [9.17, 15) is 24.3 Å². The zero-order chi connectivity index (χ0) is 27.8. The molecule has 1 aromatic carbocycles. The number of aliphatic hydroxyl groups is 1. The molecule has 3 N–H and O–H groups in total. The van der Waals surface area contributed by atoms with Crippen LogP contribution >= 0.6 is 0 Å². The highest BCUT2D eigenvalue weighted by molar-refractivity contribution is 6.51. The average molecular weight is 523 g/mol. The third-order valence-electron chi connectivity index (χ3n) is 6.18. The van der Waals surface area contributed by atoms with Crippen LogP contribution in [0.2, 0.25) is 5.82 Å². The molecule has 2 aromatic rings. The predicted octanol–water partition coefficient (Wildman–Crippen LogP) is 2.17. The summed E-state index contributed by atoms with van der Waals surface area (Å²) in [6.45, 7) is 6.65. The second kappa shape index (κ2) is 13.3. The van der Waals surface area contributed by atoms with Gasteiger partial charge in [-0.3, -0.25) is 24.5 Å². The molecule has 202 valence electrons. The zero-order valence-electron chi connectivity index (χ0n) is 22.0. The summed E-state index contributed by atoms with van der Waals surface area (Å²) in [6.07, 6.45) is -1.01. The lowest BCUT2D eigenvalue weighted by Crippen LogP contribution is -2.50. The second-order valence-corrected chi connectivity index (χ2v) is 9.92. The number of carbonyl (C=O) groups excluding carboxylic acids is 4. The molecule has 38 heavy (non-hydrogen) atoms. The lowest BCUT2D eigenvalue weighted by molar-refractivity contribution is -0.145. The Labute approximate surface area is 222 Å². The summed E-state index contributed by atoms with van der Waals surface area (Å²) in [4.78, 5) is 55.4. The van der Waals surface area contributed by atoms with Crippen molar-refractivity contribution in [2.75, 3.05) is 6.54 Å². The summed E-state index contributed by atoms with van der Waals surface area (Å²) >= 11 is 0. The summed E-state index contributed by atoms with van der Waals surface area (Å²) in [5.74, 6) is -2.91. The van der Waals surface area contributed by atoms with Crippen molar-refractivity contribution in [3.63, 3.8) is 0 Å². The number of rotatable bonds is 10. The van der Waals surface area contributed by atoms with E-state index in [1.807, 2.05) is 44.2 Å². The minimum atomic E-state index is -1.26. The van der Waals surface area contributed by atoms with Crippen molar-refractivity contribution in [3.05, 3.63) is 54.2 Å². The Morgan fingerprint density at radius 2 is 1.82 bits per heavy atom. The van der Waals surface area contributed by atoms with E-state index in [2.05, 4.69) is 15.6 Å². The van der Waals surface area contributed by atoms with Crippen molar-refractivity contribution in [1.29, 1.82) is 0 Å². The van der Waals surface area contributed by atoms with Gasteiger partial charge in [-0.25, -0.2) is 4.98 Å². The van der Waals surface area contributed by atoms with Gasteiger partial charge in [0, 0.05) is 17.8 Å². The van der Waals surface area contributed by atoms with Gasteiger partial charge in [0.15, 0.2) is 5.78 Å². The van der Waals surface area contributed by atoms with Crippen molar-refractivity contribution >= 4 is 30.7 Å². The van der Waals surface area contributed by atoms with Crippen LogP contribution in [-0.4, -0.2) is 65.6 Å². The Morgan fingerprint density at radius 1 is 1.11 bits per heavy atom. The molecule has 0 bridgehead atoms. The van der Waals surface area contributed by atoms with Gasteiger partial charge in [-0.2, -0.15) is 0 Å². The summed E-state index contributed by atoms with van der Waals surface area (Å²) in [6, 6.07) is 12.4. The molecule has 1 saturated heterocycles. The number of carbonyl (C=O) groups is 4. The van der Waals surface area contributed by atoms with Gasteiger partial charge in [0.1, 0.15) is 17.8 Å². The molecule has 0 aliphatic carbocycles. The number of aromatic nitrogens is 1. The molecule has 1 aliphatic rings. The van der Waals surface area contributed by atoms with E-state index < -0.39 is 54.8 Å². The first-order valence-corrected chi connectivity index (χ1v) is 12.7. The number of Topliss-reactive ketones (excluding diaryl/α,β-unsaturated/α-hetero) is 1. The fraction of sp³-hybridized carbons (Fsp3) is 0.444. The number of nitrogens with zero attached hydrogens (tertiary/aromatic N) is 1. The Hall–Kier alpha value is -3.57. The van der Waals surface area contributed by atoms with Crippen LogP contribution in [0.15, 0.2) is 48.5 Å². The van der Waals surface area contributed by atoms with Crippen molar-refractivity contribution in [2.45, 2.75) is 64.5 Å². The molecule has 1 aromatic heterocycles. The lowest BCUT2D eigenvalue weighted by atomic mass is 9.64. The molecule has 10 nitrogen and oxygen atoms in total. The molecule has 2 heterocycles. The molecular weight excluding hydrogens is 489 g/mol. The number of ketones is 1. The first-order chi connectivity index (χ1) is 18.0. The lowest BCUT2D eigenvalue weighted by Gasteiger charge is -2.28. The summed E-state index contributed by atoms with van der Waals surface area (Å²) in [5, 5.41) is 15.7. The van der Waals surface area contributed by atoms with Gasteiger partial charge in [-0.05, 0) is 38.3 Å². The van der Waals surface area contributed by atoms with E-state index in [4.69, 9.17) is 9.31 Å². The molecule has 11 heteroatoms. The number of benzene rings is 1. The van der Waals surface area contributed by atoms with E-state index in [-0.39, 0.29) is 24.6 Å². The van der Waals surface area contributed by atoms with Gasteiger partial charge in [0.2, 0.25) is 0 Å². The number of aliphatic hydroxyl groups excluding tert-OH is 1. The Bertz CT molecular complexity index is 1140. The minimum absolute atomic E-state index is 0.0794. The van der Waals surface area contributed by atoms with Crippen LogP contribution in [0.5, 0.6) is 0 Å². The maximum atomic E-state index is 13.4. The van der Waals surface area contributed by atoms with Crippen molar-refractivity contribution in [3.8, 4) is 11.3 Å². The number of hydrogen-bond donors (Lipinski definition) is 3. The maximum Gasteiger partial charge on any atom is 0.602 e. The molecule has 1 fully saturated rings. The molecule has 1 amide bonds. The highest BCUT2D eigenvalue weighted by Crippen LogP contribution is 2.28. The Morgan fingerprint density at radius 3 is 2.47 bits per heavy atom. The van der Waals surface area contributed by atoms with Gasteiger partial charge >= 0.3 is 19.1 Å². The number of nitrogens with one attached hydrogen (secondary N) is 2. The standard InChI is InChI=1S/C27H34BN3O7/c1-16(2)13-20(28-37-24(34)15-29-17(3)27(36)38-28)14-23(33)25(18(4)32)31-26(35)22-12-8-11-21(30-22)19-9-6-5-7-10-19/h5-12,16-18,20,25,29,32H,13-15H2,1-4H3,(H,31,35)/t17-,18+,20+,25-/m0/s1. The van der Waals surface area contributed by atoms with E-state index in [0.29, 0.717) is 12.1 Å². The van der Waals surface area contributed by atoms with Gasteiger partial charge in [-0.1, -0.05) is 50.2 Å². The summed E-state index contributed by atoms with van der Waals surface area (Å²) < 4.78 is 10.8. The van der Waals surface area contributed by atoms with Crippen LogP contribution in [0.25, 0.3) is 11.3 Å². The largest absolute Gasteiger partial charge is 0.602 e. The molecule has 0 saturated carbocycles. The Balaban J connectivity index is 1.77. The smallest absolute Gasteiger partial charge is 0.498 e. The minimum Gasteiger partial charge on any atom is -0.498 e. The maximum absolute atomic E-state index is 13.4. The SMILES string of the molecule is CC(C)C[C@H](CC(=O)[C@@H](NC(=O)c1cccc(-c2ccccc2)n1)[C@@H](C)O)B1OC(=O)CN[C@@H](C)C(=O)O1. The van der Waals surface area contributed by atoms with Gasteiger partial charge in [0.25, 0.3) is 5.91 Å². The predicted molar refractivity (Wildman–Crippen MR) is 141 cm³/mol. The van der Waals surface area contributed by atoms with E-state index in [1.54, 1.807) is 19.1 Å². The second-order valence-electron chi connectivity index (χ2n) is 9.92. The van der Waals surface area contributed by atoms with Crippen LogP contribution in [0.3, 0.4) is 0 Å². The van der Waals surface area contributed by atoms with Gasteiger partial charge in [0.05, 0.1) is 18.3 Å². The monoisotopic (exact) mass is 523 g/mol. The van der Waals surface area contributed by atoms with E-state index in [0.717, 1.165) is 5.56 Å². The zero-order valence-corrected chi connectivity index (χ0v) is 22.0. The first-order valence-electron chi connectivity index (χ1n) is 12.7. The highest BCUT2D eigenvalue weighted by atomic mass is 16.6. The van der Waals surface area contributed by atoms with E-state index in [1.165, 1.54) is 13.0 Å². The van der Waals surface area contributed by atoms with Crippen molar-refractivity contribution < 1.29 is 33.6 Å². The molecule has 0 unspecified atom stereocenters. The first kappa shape index (κ1) is 29.0. The quantitative estimate of drug-likeness (QED) is 0.399. The fourth-order valence-corrected chi connectivity index (χ4v) is 4.22. The molecule has 3 rings (SSSR count). The number of hydrogen-bond acceptors (Lipinski definition) is 9. The normalized spacial score (nSPS) is 18.5. The third kappa shape index (κ3) is 7.96. The number of amides is 1. The van der Waals surface area contributed by atoms with Gasteiger partial charge in [-0.15, -0.1) is 0 Å². The van der Waals surface area contributed by atoms with Crippen LogP contribution < -0.4 is 10.6 Å². The molecule has 0 radical (unpaired) electrons. The van der Waals surface area contributed by atoms with Crippen molar-refractivity contribution in [1.82, 2.24) is 15.6 Å². The van der Waals surface area contributed by atoms with E-state index >= 15 is 0 Å². The van der Waals surface area contributed by atoms with Crippen molar-refractivity contribution in [2.24, 2.45) is 5.92 Å². The Kier molecular flexibility index (Phi) is 10.1. The number of pyridine rings is 1.